The molecule has 0 aromatic carbocycles. The predicted octanol–water partition coefficient (Wildman–Crippen LogP) is 0.881. The number of piperidine rings is 1. The lowest BCUT2D eigenvalue weighted by Gasteiger charge is -2.31. The number of likely N-dealkylation sites (tertiary alicyclic amines) is 1. The molecule has 0 saturated carbocycles. The van der Waals surface area contributed by atoms with Crippen LogP contribution in [0.25, 0.3) is 0 Å². The lowest BCUT2D eigenvalue weighted by atomic mass is 9.97. The summed E-state index contributed by atoms with van der Waals surface area (Å²) in [5.41, 5.74) is -0.159. The van der Waals surface area contributed by atoms with Crippen molar-refractivity contribution in [3.63, 3.8) is 0 Å². The Bertz CT molecular complexity index is 576. The topological polar surface area (TPSA) is 88.3 Å². The number of hydrogen-bond acceptors (Lipinski definition) is 6. The smallest absolute Gasteiger partial charge is 0.232 e. The van der Waals surface area contributed by atoms with Gasteiger partial charge in [-0.25, -0.2) is 13.1 Å². The maximum atomic E-state index is 11.3. The second-order valence-corrected chi connectivity index (χ2v) is 8.51. The molecular weight excluding hydrogens is 292 g/mol. The van der Waals surface area contributed by atoms with Crippen LogP contribution in [0.15, 0.2) is 4.52 Å². The third-order valence-corrected chi connectivity index (χ3v) is 4.12. The molecule has 0 aliphatic carbocycles. The highest BCUT2D eigenvalue weighted by molar-refractivity contribution is 7.88. The molecule has 8 heteroatoms. The lowest BCUT2D eigenvalue weighted by molar-refractivity contribution is 0.188. The Balaban J connectivity index is 1.95. The van der Waals surface area contributed by atoms with Gasteiger partial charge in [-0.3, -0.25) is 4.90 Å². The summed E-state index contributed by atoms with van der Waals surface area (Å²) in [6.45, 7) is 8.25. The van der Waals surface area contributed by atoms with E-state index in [1.165, 1.54) is 6.26 Å². The van der Waals surface area contributed by atoms with Crippen LogP contribution in [0.2, 0.25) is 0 Å². The number of aromatic nitrogens is 2. The zero-order valence-corrected chi connectivity index (χ0v) is 13.9. The predicted molar refractivity (Wildman–Crippen MR) is 79.3 cm³/mol. The fourth-order valence-electron chi connectivity index (χ4n) is 2.42. The Labute approximate surface area is 126 Å². The van der Waals surface area contributed by atoms with Gasteiger partial charge in [-0.15, -0.1) is 0 Å². The zero-order valence-electron chi connectivity index (χ0n) is 13.1. The summed E-state index contributed by atoms with van der Waals surface area (Å²) in [6, 6.07) is -0.0391. The largest absolute Gasteiger partial charge is 0.339 e. The third-order valence-electron chi connectivity index (χ3n) is 3.36. The maximum absolute atomic E-state index is 11.3. The monoisotopic (exact) mass is 316 g/mol. The molecular formula is C13H24N4O3S. The van der Waals surface area contributed by atoms with Crippen LogP contribution in [0.4, 0.5) is 0 Å². The molecule has 1 aliphatic heterocycles. The van der Waals surface area contributed by atoms with E-state index in [9.17, 15) is 8.42 Å². The Morgan fingerprint density at radius 3 is 2.71 bits per heavy atom. The van der Waals surface area contributed by atoms with Crippen molar-refractivity contribution in [1.82, 2.24) is 19.8 Å². The van der Waals surface area contributed by atoms with Crippen LogP contribution in [0.5, 0.6) is 0 Å². The van der Waals surface area contributed by atoms with E-state index in [2.05, 4.69) is 19.8 Å². The van der Waals surface area contributed by atoms with E-state index in [1.807, 2.05) is 20.8 Å². The normalized spacial score (nSPS) is 21.6. The first-order valence-electron chi connectivity index (χ1n) is 7.16. The van der Waals surface area contributed by atoms with Crippen LogP contribution < -0.4 is 4.72 Å². The van der Waals surface area contributed by atoms with Gasteiger partial charge in [-0.1, -0.05) is 25.9 Å². The molecule has 2 rings (SSSR count). The minimum absolute atomic E-state index is 0.0391. The SMILES string of the molecule is CC(C)(C)c1nc(CN2CCC[C@H](NS(C)(=O)=O)C2)no1. The molecule has 21 heavy (non-hydrogen) atoms. The highest BCUT2D eigenvalue weighted by atomic mass is 32.2. The molecule has 0 amide bonds. The third kappa shape index (κ3) is 5.05. The van der Waals surface area contributed by atoms with E-state index in [1.54, 1.807) is 0 Å². The molecule has 0 bridgehead atoms. The van der Waals surface area contributed by atoms with Crippen molar-refractivity contribution in [1.29, 1.82) is 0 Å². The zero-order chi connectivity index (χ0) is 15.7. The van der Waals surface area contributed by atoms with Crippen LogP contribution in [0, 0.1) is 0 Å². The number of rotatable bonds is 4. The van der Waals surface area contributed by atoms with E-state index >= 15 is 0 Å². The van der Waals surface area contributed by atoms with Crippen LogP contribution in [0.3, 0.4) is 0 Å². The van der Waals surface area contributed by atoms with Crippen LogP contribution in [-0.2, 0) is 22.0 Å². The fourth-order valence-corrected chi connectivity index (χ4v) is 3.22. The minimum Gasteiger partial charge on any atom is -0.339 e. The summed E-state index contributed by atoms with van der Waals surface area (Å²) >= 11 is 0. The van der Waals surface area contributed by atoms with Crippen molar-refractivity contribution < 1.29 is 12.9 Å². The molecule has 1 aliphatic rings. The van der Waals surface area contributed by atoms with Gasteiger partial charge < -0.3 is 4.52 Å². The van der Waals surface area contributed by atoms with Gasteiger partial charge in [-0.2, -0.15) is 4.98 Å². The molecule has 1 aromatic heterocycles. The number of nitrogens with zero attached hydrogens (tertiary/aromatic N) is 3. The summed E-state index contributed by atoms with van der Waals surface area (Å²) in [4.78, 5) is 6.57. The van der Waals surface area contributed by atoms with E-state index < -0.39 is 10.0 Å². The van der Waals surface area contributed by atoms with E-state index in [-0.39, 0.29) is 11.5 Å². The fraction of sp³-hybridized carbons (Fsp3) is 0.846. The molecule has 1 fully saturated rings. The van der Waals surface area contributed by atoms with Gasteiger partial charge in [0.15, 0.2) is 5.82 Å². The molecule has 0 unspecified atom stereocenters. The lowest BCUT2D eigenvalue weighted by Crippen LogP contribution is -2.47. The molecule has 1 saturated heterocycles. The molecule has 0 spiro atoms. The number of hydrogen-bond donors (Lipinski definition) is 1. The first-order chi connectivity index (χ1) is 9.63. The Morgan fingerprint density at radius 2 is 2.14 bits per heavy atom. The van der Waals surface area contributed by atoms with Gasteiger partial charge in [0.25, 0.3) is 0 Å². The molecule has 0 radical (unpaired) electrons. The Hall–Kier alpha value is -0.990. The van der Waals surface area contributed by atoms with Crippen molar-refractivity contribution in [2.75, 3.05) is 19.3 Å². The van der Waals surface area contributed by atoms with Gasteiger partial charge in [-0.05, 0) is 19.4 Å². The van der Waals surface area contributed by atoms with Crippen molar-refractivity contribution in [2.24, 2.45) is 0 Å². The van der Waals surface area contributed by atoms with E-state index in [4.69, 9.17) is 4.52 Å². The summed E-state index contributed by atoms with van der Waals surface area (Å²) in [5.74, 6) is 1.28. The Kier molecular flexibility index (Phi) is 4.69. The van der Waals surface area contributed by atoms with Crippen LogP contribution >= 0.6 is 0 Å². The second-order valence-electron chi connectivity index (χ2n) is 6.73. The maximum Gasteiger partial charge on any atom is 0.232 e. The van der Waals surface area contributed by atoms with Crippen LogP contribution in [-0.4, -0.2) is 48.8 Å². The van der Waals surface area contributed by atoms with Crippen LogP contribution in [0.1, 0.15) is 45.3 Å². The van der Waals surface area contributed by atoms with Gasteiger partial charge in [0.05, 0.1) is 12.8 Å². The minimum atomic E-state index is -3.16. The summed E-state index contributed by atoms with van der Waals surface area (Å²) in [7, 11) is -3.16. The summed E-state index contributed by atoms with van der Waals surface area (Å²) < 4.78 is 30.6. The number of sulfonamides is 1. The van der Waals surface area contributed by atoms with E-state index in [0.717, 1.165) is 19.4 Å². The Morgan fingerprint density at radius 1 is 1.43 bits per heavy atom. The molecule has 1 N–H and O–H groups in total. The first kappa shape index (κ1) is 16.4. The van der Waals surface area contributed by atoms with Gasteiger partial charge >= 0.3 is 0 Å². The first-order valence-corrected chi connectivity index (χ1v) is 9.05. The van der Waals surface area contributed by atoms with Crippen molar-refractivity contribution in [2.45, 2.75) is 51.6 Å². The van der Waals surface area contributed by atoms with Gasteiger partial charge in [0.2, 0.25) is 15.9 Å². The molecule has 120 valence electrons. The molecule has 1 atom stereocenters. The van der Waals surface area contributed by atoms with Crippen molar-refractivity contribution in [3.8, 4) is 0 Å². The average molecular weight is 316 g/mol. The van der Waals surface area contributed by atoms with Crippen molar-refractivity contribution >= 4 is 10.0 Å². The average Bonchev–Trinajstić information content (AvgIpc) is 2.75. The summed E-state index contributed by atoms with van der Waals surface area (Å²) in [5, 5.41) is 4.01. The van der Waals surface area contributed by atoms with Crippen molar-refractivity contribution in [3.05, 3.63) is 11.7 Å². The highest BCUT2D eigenvalue weighted by Crippen LogP contribution is 2.20. The highest BCUT2D eigenvalue weighted by Gasteiger charge is 2.25. The second kappa shape index (κ2) is 6.02. The van der Waals surface area contributed by atoms with Gasteiger partial charge in [0, 0.05) is 18.0 Å². The number of nitrogens with one attached hydrogen (secondary N) is 1. The molecule has 1 aromatic rings. The standard InChI is InChI=1S/C13H24N4O3S/c1-13(2,3)12-14-11(15-20-12)9-17-7-5-6-10(8-17)16-21(4,18)19/h10,16H,5-9H2,1-4H3/t10-/m0/s1. The van der Waals surface area contributed by atoms with Gasteiger partial charge in [0.1, 0.15) is 0 Å². The van der Waals surface area contributed by atoms with E-state index in [0.29, 0.717) is 24.8 Å². The molecule has 2 heterocycles. The quantitative estimate of drug-likeness (QED) is 0.887. The summed E-state index contributed by atoms with van der Waals surface area (Å²) in [6.07, 6.45) is 3.01. The molecule has 7 nitrogen and oxygen atoms in total.